The fourth-order valence-corrected chi connectivity index (χ4v) is 4.48. The zero-order chi connectivity index (χ0) is 20.0. The third-order valence-electron chi connectivity index (χ3n) is 4.61. The van der Waals surface area contributed by atoms with E-state index in [0.717, 1.165) is 37.5 Å². The van der Waals surface area contributed by atoms with Crippen LogP contribution >= 0.6 is 11.6 Å². The first-order chi connectivity index (χ1) is 13.5. The number of nitrogens with one attached hydrogen (secondary N) is 2. The Labute approximate surface area is 169 Å². The van der Waals surface area contributed by atoms with Crippen molar-refractivity contribution in [1.82, 2.24) is 24.8 Å². The van der Waals surface area contributed by atoms with Crippen molar-refractivity contribution in [3.8, 4) is 0 Å². The highest BCUT2D eigenvalue weighted by molar-refractivity contribution is 7.89. The zero-order valence-electron chi connectivity index (χ0n) is 15.5. The fraction of sp³-hybridized carbons (Fsp3) is 0.500. The predicted molar refractivity (Wildman–Crippen MR) is 106 cm³/mol. The van der Waals surface area contributed by atoms with Gasteiger partial charge in [0.1, 0.15) is 11.6 Å². The molecule has 3 rings (SSSR count). The number of nitrogens with zero attached hydrogens (tertiary/aromatic N) is 3. The summed E-state index contributed by atoms with van der Waals surface area (Å²) in [6.45, 7) is 1.38. The van der Waals surface area contributed by atoms with Crippen LogP contribution in [0.4, 0.5) is 0 Å². The van der Waals surface area contributed by atoms with Crippen LogP contribution in [0.15, 0.2) is 29.2 Å². The van der Waals surface area contributed by atoms with Gasteiger partial charge in [0.15, 0.2) is 0 Å². The van der Waals surface area contributed by atoms with Gasteiger partial charge in [-0.05, 0) is 31.0 Å². The van der Waals surface area contributed by atoms with Crippen molar-refractivity contribution in [2.24, 2.45) is 0 Å². The molecule has 2 heterocycles. The molecule has 0 unspecified atom stereocenters. The van der Waals surface area contributed by atoms with E-state index in [0.29, 0.717) is 18.0 Å². The highest BCUT2D eigenvalue weighted by Gasteiger charge is 2.16. The summed E-state index contributed by atoms with van der Waals surface area (Å²) in [6, 6.07) is 5.98. The van der Waals surface area contributed by atoms with E-state index in [2.05, 4.69) is 24.8 Å². The molecule has 1 aliphatic heterocycles. The number of aryl methyl sites for hydroxylation is 1. The van der Waals surface area contributed by atoms with Crippen molar-refractivity contribution in [1.29, 1.82) is 0 Å². The quantitative estimate of drug-likeness (QED) is 0.669. The topological polar surface area (TPSA) is 106 Å². The number of carbonyl (C=O) groups is 1. The SMILES string of the molecule is O=C(CCNS(=O)(=O)c1cccc(Cl)c1)NCCc1nnc2n1CCCCC2. The van der Waals surface area contributed by atoms with Crippen LogP contribution in [0.25, 0.3) is 0 Å². The van der Waals surface area contributed by atoms with Gasteiger partial charge in [-0.3, -0.25) is 4.79 Å². The highest BCUT2D eigenvalue weighted by Crippen LogP contribution is 2.15. The smallest absolute Gasteiger partial charge is 0.240 e. The lowest BCUT2D eigenvalue weighted by Gasteiger charge is -2.09. The van der Waals surface area contributed by atoms with Crippen LogP contribution in [0.5, 0.6) is 0 Å². The highest BCUT2D eigenvalue weighted by atomic mass is 35.5. The zero-order valence-corrected chi connectivity index (χ0v) is 17.1. The van der Waals surface area contributed by atoms with Gasteiger partial charge in [-0.15, -0.1) is 10.2 Å². The van der Waals surface area contributed by atoms with Gasteiger partial charge in [0, 0.05) is 43.9 Å². The Kier molecular flexibility index (Phi) is 7.03. The van der Waals surface area contributed by atoms with Crippen LogP contribution in [0.2, 0.25) is 5.02 Å². The Hall–Kier alpha value is -1.97. The van der Waals surface area contributed by atoms with Crippen LogP contribution in [0.3, 0.4) is 0 Å². The van der Waals surface area contributed by atoms with Crippen molar-refractivity contribution < 1.29 is 13.2 Å². The van der Waals surface area contributed by atoms with E-state index in [1.165, 1.54) is 18.6 Å². The van der Waals surface area contributed by atoms with Crippen molar-refractivity contribution in [2.45, 2.75) is 50.0 Å². The van der Waals surface area contributed by atoms with Gasteiger partial charge in [-0.25, -0.2) is 13.1 Å². The third-order valence-corrected chi connectivity index (χ3v) is 6.30. The maximum Gasteiger partial charge on any atom is 0.240 e. The predicted octanol–water partition coefficient (Wildman–Crippen LogP) is 1.69. The van der Waals surface area contributed by atoms with E-state index in [-0.39, 0.29) is 23.8 Å². The van der Waals surface area contributed by atoms with E-state index in [9.17, 15) is 13.2 Å². The summed E-state index contributed by atoms with van der Waals surface area (Å²) in [5.41, 5.74) is 0. The first kappa shape index (κ1) is 20.8. The fourth-order valence-electron chi connectivity index (χ4n) is 3.15. The van der Waals surface area contributed by atoms with Crippen LogP contribution in [0.1, 0.15) is 37.3 Å². The summed E-state index contributed by atoms with van der Waals surface area (Å²) >= 11 is 5.82. The summed E-state index contributed by atoms with van der Waals surface area (Å²) in [4.78, 5) is 12.1. The minimum atomic E-state index is -3.68. The van der Waals surface area contributed by atoms with Crippen molar-refractivity contribution >= 4 is 27.5 Å². The second-order valence-corrected chi connectivity index (χ2v) is 8.90. The lowest BCUT2D eigenvalue weighted by atomic mass is 10.2. The second-order valence-electron chi connectivity index (χ2n) is 6.70. The van der Waals surface area contributed by atoms with Gasteiger partial charge < -0.3 is 9.88 Å². The molecule has 0 radical (unpaired) electrons. The molecule has 1 aromatic carbocycles. The summed E-state index contributed by atoms with van der Waals surface area (Å²) in [7, 11) is -3.68. The summed E-state index contributed by atoms with van der Waals surface area (Å²) in [5, 5.41) is 11.6. The van der Waals surface area contributed by atoms with Gasteiger partial charge in [-0.1, -0.05) is 24.1 Å². The lowest BCUT2D eigenvalue weighted by molar-refractivity contribution is -0.120. The molecule has 0 fully saturated rings. The molecule has 28 heavy (non-hydrogen) atoms. The summed E-state index contributed by atoms with van der Waals surface area (Å²) < 4.78 is 28.9. The summed E-state index contributed by atoms with van der Waals surface area (Å²) in [6.07, 6.45) is 5.07. The Morgan fingerprint density at radius 3 is 2.86 bits per heavy atom. The Morgan fingerprint density at radius 2 is 2.04 bits per heavy atom. The number of carbonyl (C=O) groups excluding carboxylic acids is 1. The minimum Gasteiger partial charge on any atom is -0.356 e. The molecule has 1 amide bonds. The number of hydrogen-bond acceptors (Lipinski definition) is 5. The number of benzene rings is 1. The Morgan fingerprint density at radius 1 is 1.18 bits per heavy atom. The standard InChI is InChI=1S/C18H24ClN5O3S/c19-14-5-4-6-15(13-14)28(26,27)21-11-9-18(25)20-10-8-17-23-22-16-7-2-1-3-12-24(16)17/h4-6,13,21H,1-3,7-12H2,(H,20,25). The number of halogens is 1. The first-order valence-corrected chi connectivity index (χ1v) is 11.2. The van der Waals surface area contributed by atoms with Crippen LogP contribution in [0, 0.1) is 0 Å². The molecule has 0 spiro atoms. The van der Waals surface area contributed by atoms with Crippen molar-refractivity contribution in [3.63, 3.8) is 0 Å². The Bertz CT molecular complexity index is 929. The van der Waals surface area contributed by atoms with Crippen molar-refractivity contribution in [2.75, 3.05) is 13.1 Å². The van der Waals surface area contributed by atoms with E-state index in [1.54, 1.807) is 12.1 Å². The molecule has 0 saturated heterocycles. The molecule has 1 aliphatic rings. The molecule has 0 aliphatic carbocycles. The third kappa shape index (κ3) is 5.52. The summed E-state index contributed by atoms with van der Waals surface area (Å²) in [5.74, 6) is 1.69. The van der Waals surface area contributed by atoms with Gasteiger partial charge in [0.2, 0.25) is 15.9 Å². The first-order valence-electron chi connectivity index (χ1n) is 9.38. The Balaban J connectivity index is 1.41. The van der Waals surface area contributed by atoms with E-state index in [1.807, 2.05) is 0 Å². The van der Waals surface area contributed by atoms with Gasteiger partial charge in [0.05, 0.1) is 4.90 Å². The van der Waals surface area contributed by atoms with Crippen LogP contribution < -0.4 is 10.0 Å². The molecule has 10 heteroatoms. The average Bonchev–Trinajstić information content (AvgIpc) is 2.88. The molecule has 0 saturated carbocycles. The van der Waals surface area contributed by atoms with Gasteiger partial charge in [0.25, 0.3) is 0 Å². The molecule has 1 aromatic heterocycles. The van der Waals surface area contributed by atoms with Gasteiger partial charge in [-0.2, -0.15) is 0 Å². The number of fused-ring (bicyclic) bond motifs is 1. The van der Waals surface area contributed by atoms with E-state index in [4.69, 9.17) is 11.6 Å². The largest absolute Gasteiger partial charge is 0.356 e. The average molecular weight is 426 g/mol. The lowest BCUT2D eigenvalue weighted by Crippen LogP contribution is -2.32. The van der Waals surface area contributed by atoms with E-state index < -0.39 is 10.0 Å². The number of hydrogen-bond donors (Lipinski definition) is 2. The second kappa shape index (κ2) is 9.49. The molecular weight excluding hydrogens is 402 g/mol. The van der Waals surface area contributed by atoms with Crippen LogP contribution in [-0.4, -0.2) is 42.2 Å². The van der Waals surface area contributed by atoms with E-state index >= 15 is 0 Å². The normalized spacial score (nSPS) is 14.3. The molecule has 2 aromatic rings. The molecular formula is C18H24ClN5O3S. The number of aromatic nitrogens is 3. The molecule has 2 N–H and O–H groups in total. The van der Waals surface area contributed by atoms with Crippen molar-refractivity contribution in [3.05, 3.63) is 40.9 Å². The molecule has 8 nitrogen and oxygen atoms in total. The maximum absolute atomic E-state index is 12.2. The minimum absolute atomic E-state index is 0.0149. The number of amides is 1. The number of rotatable bonds is 8. The van der Waals surface area contributed by atoms with Gasteiger partial charge >= 0.3 is 0 Å². The van der Waals surface area contributed by atoms with Crippen LogP contribution in [-0.2, 0) is 34.2 Å². The number of sulfonamides is 1. The maximum atomic E-state index is 12.2. The molecule has 0 atom stereocenters. The molecule has 152 valence electrons. The molecule has 0 bridgehead atoms. The monoisotopic (exact) mass is 425 g/mol.